The fraction of sp³-hybridized carbons (Fsp3) is 0.522. The summed E-state index contributed by atoms with van der Waals surface area (Å²) in [5, 5.41) is 9.72. The number of nitrogens with zero attached hydrogens (tertiary/aromatic N) is 2. The molecule has 8 nitrogen and oxygen atoms in total. The normalized spacial score (nSPS) is 17.2. The highest BCUT2D eigenvalue weighted by molar-refractivity contribution is 5.79. The summed E-state index contributed by atoms with van der Waals surface area (Å²) in [5.41, 5.74) is 1.30. The molecule has 31 heavy (non-hydrogen) atoms. The van der Waals surface area contributed by atoms with E-state index in [4.69, 9.17) is 9.26 Å². The highest BCUT2D eigenvalue weighted by Crippen LogP contribution is 2.22. The lowest BCUT2D eigenvalue weighted by atomic mass is 9.97. The molecule has 1 aromatic carbocycles. The van der Waals surface area contributed by atoms with Crippen molar-refractivity contribution in [2.45, 2.75) is 45.8 Å². The molecule has 2 amide bonds. The van der Waals surface area contributed by atoms with E-state index in [0.717, 1.165) is 36.4 Å². The summed E-state index contributed by atoms with van der Waals surface area (Å²) in [6, 6.07) is 11.9. The number of likely N-dealkylation sites (tertiary alicyclic amines) is 1. The minimum atomic E-state index is -0.537. The van der Waals surface area contributed by atoms with E-state index >= 15 is 0 Å². The lowest BCUT2D eigenvalue weighted by Crippen LogP contribution is -2.44. The summed E-state index contributed by atoms with van der Waals surface area (Å²) in [7, 11) is 0. The van der Waals surface area contributed by atoms with Crippen molar-refractivity contribution >= 4 is 12.0 Å². The van der Waals surface area contributed by atoms with Crippen LogP contribution in [-0.2, 0) is 16.1 Å². The van der Waals surface area contributed by atoms with Crippen molar-refractivity contribution < 1.29 is 18.8 Å². The Kier molecular flexibility index (Phi) is 7.68. The van der Waals surface area contributed by atoms with Gasteiger partial charge in [-0.3, -0.25) is 9.69 Å². The number of carbonyl (C=O) groups excluding carboxylic acids is 2. The Morgan fingerprint density at radius 1 is 1.19 bits per heavy atom. The van der Waals surface area contributed by atoms with Crippen LogP contribution in [0, 0.1) is 5.92 Å². The number of hydrogen-bond donors (Lipinski definition) is 2. The predicted octanol–water partition coefficient (Wildman–Crippen LogP) is 3.19. The molecule has 1 atom stereocenters. The average molecular weight is 429 g/mol. The quantitative estimate of drug-likeness (QED) is 0.658. The molecule has 1 unspecified atom stereocenters. The van der Waals surface area contributed by atoms with Gasteiger partial charge in [0.15, 0.2) is 5.76 Å². The number of rotatable bonds is 7. The van der Waals surface area contributed by atoms with E-state index < -0.39 is 11.7 Å². The average Bonchev–Trinajstić information content (AvgIpc) is 3.19. The third-order valence-corrected chi connectivity index (χ3v) is 4.98. The molecule has 3 rings (SSSR count). The van der Waals surface area contributed by atoms with Crippen LogP contribution >= 0.6 is 0 Å². The molecule has 0 radical (unpaired) electrons. The number of hydrogen-bond acceptors (Lipinski definition) is 6. The fourth-order valence-electron chi connectivity index (χ4n) is 3.57. The van der Waals surface area contributed by atoms with Crippen molar-refractivity contribution in [3.05, 3.63) is 42.2 Å². The molecule has 2 heterocycles. The van der Waals surface area contributed by atoms with Crippen LogP contribution in [0.2, 0.25) is 0 Å². The molecular formula is C23H32N4O4. The Morgan fingerprint density at radius 2 is 1.94 bits per heavy atom. The number of piperidine rings is 1. The smallest absolute Gasteiger partial charge is 0.407 e. The van der Waals surface area contributed by atoms with Gasteiger partial charge in [-0.15, -0.1) is 0 Å². The lowest BCUT2D eigenvalue weighted by Gasteiger charge is -2.31. The summed E-state index contributed by atoms with van der Waals surface area (Å²) in [6.45, 7) is 8.36. The third-order valence-electron chi connectivity index (χ3n) is 4.98. The van der Waals surface area contributed by atoms with Crippen molar-refractivity contribution in [1.29, 1.82) is 0 Å². The van der Waals surface area contributed by atoms with Crippen molar-refractivity contribution in [3.63, 3.8) is 0 Å². The molecule has 2 N–H and O–H groups in total. The van der Waals surface area contributed by atoms with Gasteiger partial charge in [0.05, 0.1) is 12.5 Å². The Hall–Kier alpha value is -2.87. The van der Waals surface area contributed by atoms with Gasteiger partial charge in [0, 0.05) is 31.3 Å². The van der Waals surface area contributed by atoms with Crippen molar-refractivity contribution in [3.8, 4) is 11.3 Å². The Morgan fingerprint density at radius 3 is 2.68 bits per heavy atom. The van der Waals surface area contributed by atoms with Gasteiger partial charge in [-0.1, -0.05) is 35.5 Å². The van der Waals surface area contributed by atoms with E-state index in [9.17, 15) is 9.59 Å². The summed E-state index contributed by atoms with van der Waals surface area (Å²) >= 11 is 0. The lowest BCUT2D eigenvalue weighted by molar-refractivity contribution is -0.126. The zero-order chi connectivity index (χ0) is 22.3. The maximum absolute atomic E-state index is 12.5. The molecule has 1 aromatic heterocycles. The largest absolute Gasteiger partial charge is 0.444 e. The van der Waals surface area contributed by atoms with Crippen LogP contribution in [0.5, 0.6) is 0 Å². The first-order valence-electron chi connectivity index (χ1n) is 10.8. The molecule has 0 bridgehead atoms. The summed E-state index contributed by atoms with van der Waals surface area (Å²) in [4.78, 5) is 26.4. The predicted molar refractivity (Wildman–Crippen MR) is 117 cm³/mol. The van der Waals surface area contributed by atoms with E-state index in [-0.39, 0.29) is 11.8 Å². The number of alkyl carbamates (subject to hydrolysis) is 1. The van der Waals surface area contributed by atoms with Gasteiger partial charge in [-0.25, -0.2) is 4.79 Å². The number of ether oxygens (including phenoxy) is 1. The Bertz CT molecular complexity index is 860. The van der Waals surface area contributed by atoms with Gasteiger partial charge in [0.2, 0.25) is 5.91 Å². The fourth-order valence-corrected chi connectivity index (χ4v) is 3.57. The minimum Gasteiger partial charge on any atom is -0.444 e. The van der Waals surface area contributed by atoms with Crippen LogP contribution in [0.1, 0.15) is 39.4 Å². The zero-order valence-corrected chi connectivity index (χ0v) is 18.5. The van der Waals surface area contributed by atoms with Gasteiger partial charge in [0.1, 0.15) is 11.3 Å². The monoisotopic (exact) mass is 428 g/mol. The van der Waals surface area contributed by atoms with Gasteiger partial charge >= 0.3 is 6.09 Å². The van der Waals surface area contributed by atoms with Crippen molar-refractivity contribution in [2.75, 3.05) is 26.2 Å². The van der Waals surface area contributed by atoms with Gasteiger partial charge in [-0.2, -0.15) is 0 Å². The van der Waals surface area contributed by atoms with Crippen LogP contribution in [0.4, 0.5) is 4.79 Å². The topological polar surface area (TPSA) is 96.7 Å². The number of carbonyl (C=O) groups is 2. The zero-order valence-electron chi connectivity index (χ0n) is 18.5. The van der Waals surface area contributed by atoms with Crippen molar-refractivity contribution in [1.82, 2.24) is 20.7 Å². The second kappa shape index (κ2) is 10.4. The first-order chi connectivity index (χ1) is 14.8. The van der Waals surface area contributed by atoms with E-state index in [0.29, 0.717) is 26.2 Å². The molecule has 1 saturated heterocycles. The first kappa shape index (κ1) is 22.8. The Balaban J connectivity index is 1.41. The number of nitrogens with one attached hydrogen (secondary N) is 2. The van der Waals surface area contributed by atoms with Crippen molar-refractivity contribution in [2.24, 2.45) is 5.92 Å². The SMILES string of the molecule is CC(C)(C)OC(=O)NCCNC(=O)C1CCCN(Cc2cc(-c3ccccc3)no2)C1. The Labute approximate surface area is 183 Å². The second-order valence-electron chi connectivity index (χ2n) is 8.84. The maximum atomic E-state index is 12.5. The molecule has 1 fully saturated rings. The standard InChI is InChI=1S/C23H32N4O4/c1-23(2,3)30-22(29)25-12-11-24-21(28)18-10-7-13-27(15-18)16-19-14-20(26-31-19)17-8-5-4-6-9-17/h4-6,8-9,14,18H,7,10-13,15-16H2,1-3H3,(H,24,28)(H,25,29). The van der Waals surface area contributed by atoms with Crippen LogP contribution in [0.15, 0.2) is 40.9 Å². The molecular weight excluding hydrogens is 396 g/mol. The van der Waals surface area contributed by atoms with E-state index in [2.05, 4.69) is 20.7 Å². The molecule has 2 aromatic rings. The highest BCUT2D eigenvalue weighted by Gasteiger charge is 2.26. The first-order valence-corrected chi connectivity index (χ1v) is 10.8. The van der Waals surface area contributed by atoms with Crippen LogP contribution in [0.3, 0.4) is 0 Å². The van der Waals surface area contributed by atoms with E-state index in [1.807, 2.05) is 57.2 Å². The number of aromatic nitrogens is 1. The summed E-state index contributed by atoms with van der Waals surface area (Å²) < 4.78 is 10.7. The van der Waals surface area contributed by atoms with Gasteiger partial charge < -0.3 is 19.9 Å². The molecule has 8 heteroatoms. The van der Waals surface area contributed by atoms with E-state index in [1.165, 1.54) is 0 Å². The van der Waals surface area contributed by atoms with Crippen LogP contribution in [0.25, 0.3) is 11.3 Å². The number of amides is 2. The van der Waals surface area contributed by atoms with Crippen LogP contribution < -0.4 is 10.6 Å². The van der Waals surface area contributed by atoms with Gasteiger partial charge in [0.25, 0.3) is 0 Å². The molecule has 0 aliphatic carbocycles. The second-order valence-corrected chi connectivity index (χ2v) is 8.84. The number of benzene rings is 1. The molecule has 0 spiro atoms. The molecule has 0 saturated carbocycles. The minimum absolute atomic E-state index is 0.0123. The molecule has 1 aliphatic rings. The summed E-state index contributed by atoms with van der Waals surface area (Å²) in [6.07, 6.45) is 1.33. The third kappa shape index (κ3) is 7.40. The summed E-state index contributed by atoms with van der Waals surface area (Å²) in [5.74, 6) is 0.728. The maximum Gasteiger partial charge on any atom is 0.407 e. The highest BCUT2D eigenvalue weighted by atomic mass is 16.6. The van der Waals surface area contributed by atoms with Crippen LogP contribution in [-0.4, -0.2) is 53.8 Å². The molecule has 1 aliphatic heterocycles. The van der Waals surface area contributed by atoms with Gasteiger partial charge in [-0.05, 0) is 40.2 Å². The molecule has 168 valence electrons. The van der Waals surface area contributed by atoms with E-state index in [1.54, 1.807) is 0 Å².